The van der Waals surface area contributed by atoms with Crippen molar-refractivity contribution in [1.82, 2.24) is 15.1 Å². The van der Waals surface area contributed by atoms with Crippen LogP contribution in [-0.2, 0) is 21.7 Å². The molecule has 1 heterocycles. The van der Waals surface area contributed by atoms with E-state index in [9.17, 15) is 22.0 Å². The molecule has 0 saturated heterocycles. The summed E-state index contributed by atoms with van der Waals surface area (Å²) >= 11 is 0. The number of amides is 1. The molecule has 0 aliphatic heterocycles. The molecule has 0 spiro atoms. The Kier molecular flexibility index (Phi) is 7.03. The smallest absolute Gasteiger partial charge is 0.324 e. The molecule has 1 aromatic carbocycles. The second-order valence-corrected chi connectivity index (χ2v) is 6.91. The maximum atomic E-state index is 12.6. The molecule has 0 radical (unpaired) electrons. The number of hydrogen-bond donors (Lipinski definition) is 2. The van der Waals surface area contributed by atoms with E-state index in [2.05, 4.69) is 15.7 Å². The summed E-state index contributed by atoms with van der Waals surface area (Å²) in [5.41, 5.74) is 0.708. The van der Waals surface area contributed by atoms with Crippen LogP contribution in [0.25, 0.3) is 0 Å². The molecule has 1 unspecified atom stereocenters. The highest BCUT2D eigenvalue weighted by Crippen LogP contribution is 2.22. The van der Waals surface area contributed by atoms with Crippen LogP contribution in [0.2, 0.25) is 0 Å². The SMILES string of the molecule is CNC(C(=O)Nc1cccc(S(=O)(=O)C(F)F)c1)c1cnn(C)c1.Cl. The number of carbonyl (C=O) groups is 1. The lowest BCUT2D eigenvalue weighted by molar-refractivity contribution is -0.118. The number of aromatic nitrogens is 2. The fourth-order valence-electron chi connectivity index (χ4n) is 2.11. The van der Waals surface area contributed by atoms with Gasteiger partial charge in [-0.1, -0.05) is 6.07 Å². The van der Waals surface area contributed by atoms with Crippen molar-refractivity contribution in [1.29, 1.82) is 0 Å². The highest BCUT2D eigenvalue weighted by atomic mass is 35.5. The van der Waals surface area contributed by atoms with Crippen molar-refractivity contribution in [2.24, 2.45) is 7.05 Å². The van der Waals surface area contributed by atoms with Crippen molar-refractivity contribution in [3.8, 4) is 0 Å². The van der Waals surface area contributed by atoms with Crippen molar-refractivity contribution in [2.45, 2.75) is 16.7 Å². The van der Waals surface area contributed by atoms with Gasteiger partial charge in [0.25, 0.3) is 0 Å². The number of carbonyl (C=O) groups excluding carboxylic acids is 1. The molecular formula is C14H17ClF2N4O3S. The molecule has 2 aromatic rings. The van der Waals surface area contributed by atoms with Crippen molar-refractivity contribution < 1.29 is 22.0 Å². The minimum atomic E-state index is -4.72. The van der Waals surface area contributed by atoms with Gasteiger partial charge in [0.05, 0.1) is 11.1 Å². The quantitative estimate of drug-likeness (QED) is 0.778. The highest BCUT2D eigenvalue weighted by Gasteiger charge is 2.27. The molecule has 1 aromatic heterocycles. The van der Waals surface area contributed by atoms with E-state index in [1.54, 1.807) is 20.3 Å². The molecule has 0 bridgehead atoms. The number of benzene rings is 1. The molecule has 1 amide bonds. The summed E-state index contributed by atoms with van der Waals surface area (Å²) in [5, 5.41) is 9.29. The number of aryl methyl sites for hydroxylation is 1. The predicted molar refractivity (Wildman–Crippen MR) is 90.5 cm³/mol. The zero-order valence-electron chi connectivity index (χ0n) is 13.3. The Morgan fingerprint density at radius 1 is 1.32 bits per heavy atom. The average Bonchev–Trinajstić information content (AvgIpc) is 2.94. The number of alkyl halides is 2. The third-order valence-corrected chi connectivity index (χ3v) is 4.65. The zero-order chi connectivity index (χ0) is 17.9. The Morgan fingerprint density at radius 2 is 2.00 bits per heavy atom. The van der Waals surface area contributed by atoms with Gasteiger partial charge in [-0.2, -0.15) is 13.9 Å². The summed E-state index contributed by atoms with van der Waals surface area (Å²) in [7, 11) is -1.44. The van der Waals surface area contributed by atoms with E-state index in [1.165, 1.54) is 23.0 Å². The third-order valence-electron chi connectivity index (χ3n) is 3.27. The molecule has 0 aliphatic rings. The van der Waals surface area contributed by atoms with Crippen LogP contribution in [-0.4, -0.2) is 36.9 Å². The lowest BCUT2D eigenvalue weighted by Crippen LogP contribution is -2.30. The van der Waals surface area contributed by atoms with Crippen LogP contribution >= 0.6 is 12.4 Å². The normalized spacial score (nSPS) is 12.5. The fourth-order valence-corrected chi connectivity index (χ4v) is 2.87. The van der Waals surface area contributed by atoms with Gasteiger partial charge in [-0.15, -0.1) is 12.4 Å². The Balaban J connectivity index is 0.00000312. The second kappa shape index (κ2) is 8.37. The summed E-state index contributed by atoms with van der Waals surface area (Å²) in [6.45, 7) is 0. The van der Waals surface area contributed by atoms with Gasteiger partial charge in [-0.05, 0) is 25.2 Å². The van der Waals surface area contributed by atoms with Crippen LogP contribution < -0.4 is 10.6 Å². The minimum absolute atomic E-state index is 0. The molecule has 0 aliphatic carbocycles. The molecule has 1 atom stereocenters. The van der Waals surface area contributed by atoms with Crippen LogP contribution in [0.1, 0.15) is 11.6 Å². The highest BCUT2D eigenvalue weighted by molar-refractivity contribution is 7.91. The van der Waals surface area contributed by atoms with Gasteiger partial charge in [0, 0.05) is 24.5 Å². The molecule has 2 N–H and O–H groups in total. The maximum absolute atomic E-state index is 12.6. The summed E-state index contributed by atoms with van der Waals surface area (Å²) in [4.78, 5) is 11.8. The van der Waals surface area contributed by atoms with Crippen molar-refractivity contribution in [3.63, 3.8) is 0 Å². The van der Waals surface area contributed by atoms with Crippen LogP contribution in [0.15, 0.2) is 41.6 Å². The lowest BCUT2D eigenvalue weighted by Gasteiger charge is -2.15. The van der Waals surface area contributed by atoms with Crippen molar-refractivity contribution >= 4 is 33.8 Å². The Hall–Kier alpha value is -2.04. The first-order valence-electron chi connectivity index (χ1n) is 6.84. The van der Waals surface area contributed by atoms with E-state index in [-0.39, 0.29) is 18.1 Å². The standard InChI is InChI=1S/C14H16F2N4O3S.ClH/c1-17-12(9-7-18-20(2)8-9)13(21)19-10-4-3-5-11(6-10)24(22,23)14(15)16;/h3-8,12,14,17H,1-2H3,(H,19,21);1H. The fraction of sp³-hybridized carbons (Fsp3) is 0.286. The summed E-state index contributed by atoms with van der Waals surface area (Å²) in [5.74, 6) is -4.00. The van der Waals surface area contributed by atoms with Crippen LogP contribution in [0.5, 0.6) is 0 Å². The molecule has 7 nitrogen and oxygen atoms in total. The zero-order valence-corrected chi connectivity index (χ0v) is 14.9. The van der Waals surface area contributed by atoms with Gasteiger partial charge in [-0.3, -0.25) is 9.48 Å². The number of anilines is 1. The maximum Gasteiger partial charge on any atom is 0.341 e. The summed E-state index contributed by atoms with van der Waals surface area (Å²) in [6.07, 6.45) is 3.16. The third kappa shape index (κ3) is 4.74. The molecule has 11 heteroatoms. The number of likely N-dealkylation sites (N-methyl/N-ethyl adjacent to an activating group) is 1. The van der Waals surface area contributed by atoms with Gasteiger partial charge in [0.1, 0.15) is 6.04 Å². The van der Waals surface area contributed by atoms with E-state index in [1.807, 2.05) is 0 Å². The second-order valence-electron chi connectivity index (χ2n) is 4.99. The van der Waals surface area contributed by atoms with E-state index >= 15 is 0 Å². The molecular weight excluding hydrogens is 378 g/mol. The molecule has 2 rings (SSSR count). The van der Waals surface area contributed by atoms with Crippen molar-refractivity contribution in [2.75, 3.05) is 12.4 Å². The first-order chi connectivity index (χ1) is 11.3. The molecule has 138 valence electrons. The minimum Gasteiger partial charge on any atom is -0.324 e. The average molecular weight is 395 g/mol. The molecule has 0 fully saturated rings. The van der Waals surface area contributed by atoms with E-state index in [0.29, 0.717) is 5.56 Å². The van der Waals surface area contributed by atoms with E-state index in [4.69, 9.17) is 0 Å². The number of nitrogens with zero attached hydrogens (tertiary/aromatic N) is 2. The first-order valence-corrected chi connectivity index (χ1v) is 8.39. The topological polar surface area (TPSA) is 93.1 Å². The van der Waals surface area contributed by atoms with E-state index in [0.717, 1.165) is 12.1 Å². The Labute approximate surface area is 149 Å². The lowest BCUT2D eigenvalue weighted by atomic mass is 10.1. The number of hydrogen-bond acceptors (Lipinski definition) is 5. The Bertz CT molecular complexity index is 842. The Morgan fingerprint density at radius 3 is 2.52 bits per heavy atom. The number of nitrogens with one attached hydrogen (secondary N) is 2. The van der Waals surface area contributed by atoms with Gasteiger partial charge in [-0.25, -0.2) is 8.42 Å². The van der Waals surface area contributed by atoms with Crippen LogP contribution in [0.3, 0.4) is 0 Å². The number of sulfone groups is 1. The van der Waals surface area contributed by atoms with Crippen LogP contribution in [0.4, 0.5) is 14.5 Å². The van der Waals surface area contributed by atoms with Crippen molar-refractivity contribution in [3.05, 3.63) is 42.2 Å². The largest absolute Gasteiger partial charge is 0.341 e. The van der Waals surface area contributed by atoms with Gasteiger partial charge >= 0.3 is 5.76 Å². The van der Waals surface area contributed by atoms with Gasteiger partial charge in [0.2, 0.25) is 15.7 Å². The summed E-state index contributed by atoms with van der Waals surface area (Å²) in [6, 6.07) is 4.01. The van der Waals surface area contributed by atoms with E-state index < -0.39 is 32.4 Å². The molecule has 0 saturated carbocycles. The number of halogens is 3. The predicted octanol–water partition coefficient (Wildman–Crippen LogP) is 1.74. The van der Waals surface area contributed by atoms with Gasteiger partial charge in [0.15, 0.2) is 0 Å². The first kappa shape index (κ1) is 21.0. The van der Waals surface area contributed by atoms with Crippen LogP contribution in [0, 0.1) is 0 Å². The molecule has 25 heavy (non-hydrogen) atoms. The summed E-state index contributed by atoms with van der Waals surface area (Å²) < 4.78 is 49.7. The monoisotopic (exact) mass is 394 g/mol. The number of rotatable bonds is 6. The van der Waals surface area contributed by atoms with Gasteiger partial charge < -0.3 is 10.6 Å².